The summed E-state index contributed by atoms with van der Waals surface area (Å²) in [5, 5.41) is 0.431. The van der Waals surface area contributed by atoms with Crippen molar-refractivity contribution in [3.8, 4) is 11.1 Å². The molecule has 0 fully saturated rings. The van der Waals surface area contributed by atoms with Crippen molar-refractivity contribution < 1.29 is 23.7 Å². The van der Waals surface area contributed by atoms with Crippen molar-refractivity contribution in [2.45, 2.75) is 39.3 Å². The van der Waals surface area contributed by atoms with Crippen LogP contribution in [0.2, 0.25) is 5.15 Å². The van der Waals surface area contributed by atoms with E-state index in [-0.39, 0.29) is 19.4 Å². The van der Waals surface area contributed by atoms with E-state index >= 15 is 0 Å². The fourth-order valence-corrected chi connectivity index (χ4v) is 4.11. The molecule has 7 nitrogen and oxygen atoms in total. The molecule has 0 atom stereocenters. The highest BCUT2D eigenvalue weighted by Crippen LogP contribution is 2.30. The van der Waals surface area contributed by atoms with Gasteiger partial charge >= 0.3 is 5.97 Å². The van der Waals surface area contributed by atoms with E-state index in [1.165, 1.54) is 7.11 Å². The molecular formula is C27H33ClN2O5. The number of benzene rings is 2. The normalized spacial score (nSPS) is 11.1. The Hall–Kier alpha value is -2.71. The zero-order valence-electron chi connectivity index (χ0n) is 20.6. The lowest BCUT2D eigenvalue weighted by Gasteiger charge is -2.17. The zero-order valence-corrected chi connectivity index (χ0v) is 21.3. The minimum atomic E-state index is -0.368. The van der Waals surface area contributed by atoms with E-state index in [0.717, 1.165) is 47.5 Å². The van der Waals surface area contributed by atoms with Crippen LogP contribution in [0, 0.1) is 0 Å². The Morgan fingerprint density at radius 1 is 1.00 bits per heavy atom. The third-order valence-corrected chi connectivity index (χ3v) is 5.96. The fourth-order valence-electron chi connectivity index (χ4n) is 3.85. The molecule has 1 heterocycles. The lowest BCUT2D eigenvalue weighted by Crippen LogP contribution is -2.13. The third kappa shape index (κ3) is 7.15. The molecule has 0 amide bonds. The Morgan fingerprint density at radius 2 is 1.74 bits per heavy atom. The number of hydrogen-bond donors (Lipinski definition) is 0. The monoisotopic (exact) mass is 500 g/mol. The zero-order chi connectivity index (χ0) is 25.0. The van der Waals surface area contributed by atoms with Crippen molar-refractivity contribution in [3.63, 3.8) is 0 Å². The topological polar surface area (TPSA) is 71.8 Å². The van der Waals surface area contributed by atoms with Crippen molar-refractivity contribution >= 4 is 17.6 Å². The first-order valence-electron chi connectivity index (χ1n) is 11.7. The van der Waals surface area contributed by atoms with Gasteiger partial charge in [0.2, 0.25) is 0 Å². The Balaban J connectivity index is 1.93. The van der Waals surface area contributed by atoms with Gasteiger partial charge in [-0.1, -0.05) is 67.4 Å². The number of carbonyl (C=O) groups is 1. The van der Waals surface area contributed by atoms with E-state index in [4.69, 9.17) is 30.5 Å². The number of nitrogens with zero attached hydrogens (tertiary/aromatic N) is 2. The summed E-state index contributed by atoms with van der Waals surface area (Å²) in [7, 11) is 3.02. The van der Waals surface area contributed by atoms with Gasteiger partial charge in [-0.2, -0.15) is 0 Å². The van der Waals surface area contributed by atoms with Crippen LogP contribution in [0.1, 0.15) is 47.2 Å². The average molecular weight is 501 g/mol. The summed E-state index contributed by atoms with van der Waals surface area (Å²) in [4.78, 5) is 17.1. The van der Waals surface area contributed by atoms with E-state index in [0.29, 0.717) is 30.5 Å². The SMILES string of the molecule is CCCCc1nc(Cl)c(COCOCCOC)n1Cc1ccccc1-c1ccccc1C(=O)OC. The number of hydrogen-bond acceptors (Lipinski definition) is 6. The van der Waals surface area contributed by atoms with Crippen LogP contribution in [0.3, 0.4) is 0 Å². The van der Waals surface area contributed by atoms with Crippen LogP contribution in [0.25, 0.3) is 11.1 Å². The van der Waals surface area contributed by atoms with E-state index < -0.39 is 0 Å². The van der Waals surface area contributed by atoms with Crippen LogP contribution in [0.4, 0.5) is 0 Å². The number of ether oxygens (including phenoxy) is 4. The summed E-state index contributed by atoms with van der Waals surface area (Å²) in [5.74, 6) is 0.541. The van der Waals surface area contributed by atoms with Gasteiger partial charge in [0.25, 0.3) is 0 Å². The maximum atomic E-state index is 12.4. The molecule has 0 unspecified atom stereocenters. The van der Waals surface area contributed by atoms with Crippen LogP contribution >= 0.6 is 11.6 Å². The third-order valence-electron chi connectivity index (χ3n) is 5.66. The van der Waals surface area contributed by atoms with E-state index in [1.807, 2.05) is 36.4 Å². The largest absolute Gasteiger partial charge is 0.465 e. The van der Waals surface area contributed by atoms with Crippen LogP contribution < -0.4 is 0 Å². The fraction of sp³-hybridized carbons (Fsp3) is 0.407. The summed E-state index contributed by atoms with van der Waals surface area (Å²) in [6, 6.07) is 15.5. The smallest absolute Gasteiger partial charge is 0.338 e. The van der Waals surface area contributed by atoms with Gasteiger partial charge in [0.15, 0.2) is 5.15 Å². The molecule has 0 bridgehead atoms. The first kappa shape index (κ1) is 26.9. The van der Waals surface area contributed by atoms with Crippen molar-refractivity contribution in [3.05, 3.63) is 76.3 Å². The summed E-state index contributed by atoms with van der Waals surface area (Å²) in [5.41, 5.74) is 4.13. The van der Waals surface area contributed by atoms with Gasteiger partial charge in [-0.05, 0) is 29.2 Å². The maximum absolute atomic E-state index is 12.4. The van der Waals surface area contributed by atoms with Crippen LogP contribution in [-0.4, -0.2) is 49.7 Å². The summed E-state index contributed by atoms with van der Waals surface area (Å²) < 4.78 is 23.3. The number of imidazole rings is 1. The molecular weight excluding hydrogens is 468 g/mol. The molecule has 0 aliphatic carbocycles. The highest BCUT2D eigenvalue weighted by molar-refractivity contribution is 6.30. The molecule has 0 radical (unpaired) electrons. The van der Waals surface area contributed by atoms with Crippen LogP contribution in [0.5, 0.6) is 0 Å². The number of esters is 1. The highest BCUT2D eigenvalue weighted by Gasteiger charge is 2.19. The van der Waals surface area contributed by atoms with E-state index in [9.17, 15) is 4.79 Å². The molecule has 3 rings (SSSR count). The van der Waals surface area contributed by atoms with Gasteiger partial charge < -0.3 is 23.5 Å². The standard InChI is InChI=1S/C27H33ClN2O5/c1-4-5-14-25-29-26(28)24(18-35-19-34-16-15-32-2)30(25)17-20-10-6-7-11-21(20)22-12-8-9-13-23(22)27(31)33-3/h6-13H,4-5,14-19H2,1-3H3. The minimum Gasteiger partial charge on any atom is -0.465 e. The predicted molar refractivity (Wildman–Crippen MR) is 136 cm³/mol. The molecule has 3 aromatic rings. The molecule has 0 saturated carbocycles. The number of rotatable bonds is 14. The highest BCUT2D eigenvalue weighted by atomic mass is 35.5. The van der Waals surface area contributed by atoms with E-state index in [2.05, 4.69) is 22.5 Å². The van der Waals surface area contributed by atoms with Gasteiger partial charge in [-0.15, -0.1) is 0 Å². The van der Waals surface area contributed by atoms with E-state index in [1.54, 1.807) is 13.2 Å². The van der Waals surface area contributed by atoms with Gasteiger partial charge in [-0.3, -0.25) is 0 Å². The number of unbranched alkanes of at least 4 members (excludes halogenated alkanes) is 1. The lowest BCUT2D eigenvalue weighted by molar-refractivity contribution is -0.0737. The number of aromatic nitrogens is 2. The van der Waals surface area contributed by atoms with Crippen molar-refractivity contribution in [1.82, 2.24) is 9.55 Å². The Morgan fingerprint density at radius 3 is 2.49 bits per heavy atom. The number of methoxy groups -OCH3 is 2. The van der Waals surface area contributed by atoms with Gasteiger partial charge in [-0.25, -0.2) is 9.78 Å². The van der Waals surface area contributed by atoms with Crippen LogP contribution in [-0.2, 0) is 38.5 Å². The average Bonchev–Trinajstić information content (AvgIpc) is 3.18. The second-order valence-corrected chi connectivity index (χ2v) is 8.37. The summed E-state index contributed by atoms with van der Waals surface area (Å²) >= 11 is 6.57. The number of halogens is 1. The van der Waals surface area contributed by atoms with Crippen molar-refractivity contribution in [2.75, 3.05) is 34.2 Å². The van der Waals surface area contributed by atoms with Crippen LogP contribution in [0.15, 0.2) is 48.5 Å². The molecule has 0 aliphatic heterocycles. The molecule has 0 N–H and O–H groups in total. The molecule has 0 saturated heterocycles. The van der Waals surface area contributed by atoms with Gasteiger partial charge in [0.05, 0.1) is 38.2 Å². The first-order chi connectivity index (χ1) is 17.1. The summed E-state index contributed by atoms with van der Waals surface area (Å²) in [6.07, 6.45) is 2.86. The Kier molecular flexibility index (Phi) is 10.8. The second kappa shape index (κ2) is 14.0. The van der Waals surface area contributed by atoms with Gasteiger partial charge in [0, 0.05) is 20.1 Å². The molecule has 2 aromatic carbocycles. The first-order valence-corrected chi connectivity index (χ1v) is 12.1. The molecule has 188 valence electrons. The summed E-state index contributed by atoms with van der Waals surface area (Å²) in [6.45, 7) is 4.05. The maximum Gasteiger partial charge on any atom is 0.338 e. The van der Waals surface area contributed by atoms with Crippen molar-refractivity contribution in [1.29, 1.82) is 0 Å². The second-order valence-electron chi connectivity index (χ2n) is 8.02. The molecule has 8 heteroatoms. The number of aryl methyl sites for hydroxylation is 1. The molecule has 0 aliphatic rings. The molecule has 0 spiro atoms. The van der Waals surface area contributed by atoms with Crippen molar-refractivity contribution in [2.24, 2.45) is 0 Å². The molecule has 35 heavy (non-hydrogen) atoms. The predicted octanol–water partition coefficient (Wildman–Crippen LogP) is 5.52. The Labute approximate surface area is 211 Å². The quantitative estimate of drug-likeness (QED) is 0.165. The number of carbonyl (C=O) groups excluding carboxylic acids is 1. The van der Waals surface area contributed by atoms with Gasteiger partial charge in [0.1, 0.15) is 12.6 Å². The Bertz CT molecular complexity index is 1100. The lowest BCUT2D eigenvalue weighted by atomic mass is 9.95. The minimum absolute atomic E-state index is 0.137. The molecule has 1 aromatic heterocycles.